The fraction of sp³-hybridized carbons (Fsp3) is 0.650. The maximum absolute atomic E-state index is 14.4. The van der Waals surface area contributed by atoms with E-state index >= 15 is 0 Å². The number of benzene rings is 1. The third-order valence-electron chi connectivity index (χ3n) is 5.12. The van der Waals surface area contributed by atoms with Gasteiger partial charge in [-0.05, 0) is 71.5 Å². The summed E-state index contributed by atoms with van der Waals surface area (Å²) in [6, 6.07) is 2.36. The number of hydrogen-bond acceptors (Lipinski definition) is 5. The first-order valence-electron chi connectivity index (χ1n) is 9.70. The number of ether oxygens (including phenoxy) is 2. The lowest BCUT2D eigenvalue weighted by Gasteiger charge is -2.32. The molecule has 8 heteroatoms. The topological polar surface area (TPSA) is 54.0 Å². The van der Waals surface area contributed by atoms with Crippen LogP contribution >= 0.6 is 0 Å². The molecular weight excluding hydrogens is 369 g/mol. The normalized spacial score (nSPS) is 17.6. The predicted octanol–water partition coefficient (Wildman–Crippen LogP) is 3.77. The lowest BCUT2D eigenvalue weighted by atomic mass is 9.79. The highest BCUT2D eigenvalue weighted by Gasteiger charge is 2.52. The molecule has 0 atom stereocenters. The van der Waals surface area contributed by atoms with Crippen molar-refractivity contribution in [1.29, 1.82) is 0 Å². The van der Waals surface area contributed by atoms with Crippen LogP contribution in [0.4, 0.5) is 8.78 Å². The summed E-state index contributed by atoms with van der Waals surface area (Å²) in [5.41, 5.74) is -0.914. The Morgan fingerprint density at radius 1 is 1.04 bits per heavy atom. The lowest BCUT2D eigenvalue weighted by molar-refractivity contribution is -0.143. The van der Waals surface area contributed by atoms with Gasteiger partial charge in [0.05, 0.1) is 24.4 Å². The van der Waals surface area contributed by atoms with E-state index in [1.165, 1.54) is 12.1 Å². The van der Waals surface area contributed by atoms with Gasteiger partial charge in [-0.15, -0.1) is 0 Å². The Morgan fingerprint density at radius 2 is 1.61 bits per heavy atom. The molecule has 0 radical (unpaired) electrons. The molecule has 0 unspecified atom stereocenters. The van der Waals surface area contributed by atoms with Crippen molar-refractivity contribution in [3.63, 3.8) is 0 Å². The van der Waals surface area contributed by atoms with Gasteiger partial charge in [-0.2, -0.15) is 0 Å². The van der Waals surface area contributed by atoms with E-state index in [0.29, 0.717) is 32.3 Å². The van der Waals surface area contributed by atoms with E-state index in [9.17, 15) is 13.6 Å². The number of halogens is 2. The summed E-state index contributed by atoms with van der Waals surface area (Å²) < 4.78 is 50.5. The predicted molar refractivity (Wildman–Crippen MR) is 103 cm³/mol. The Labute approximate surface area is 165 Å². The van der Waals surface area contributed by atoms with Crippen LogP contribution in [0.3, 0.4) is 0 Å². The van der Waals surface area contributed by atoms with E-state index in [1.54, 1.807) is 6.92 Å². The lowest BCUT2D eigenvalue weighted by Crippen LogP contribution is -2.41. The molecule has 0 amide bonds. The molecule has 0 spiro atoms. The minimum atomic E-state index is -0.842. The minimum Gasteiger partial charge on any atom is -0.488 e. The fourth-order valence-corrected chi connectivity index (χ4v) is 2.79. The SMILES string of the molecule is CCOC(=O)CCCCCOc1c(F)cc(B2OC(C)(C)C(C)(C)O2)cc1F. The Balaban J connectivity index is 1.88. The van der Waals surface area contributed by atoms with Gasteiger partial charge in [-0.3, -0.25) is 4.79 Å². The summed E-state index contributed by atoms with van der Waals surface area (Å²) in [6.07, 6.45) is 2.26. The number of unbranched alkanes of at least 4 members (excludes halogenated alkanes) is 2. The Bertz CT molecular complexity index is 654. The zero-order chi connectivity index (χ0) is 20.9. The molecule has 28 heavy (non-hydrogen) atoms. The highest BCUT2D eigenvalue weighted by atomic mass is 19.1. The van der Waals surface area contributed by atoms with Crippen molar-refractivity contribution in [2.45, 2.75) is 71.5 Å². The summed E-state index contributed by atoms with van der Waals surface area (Å²) in [4.78, 5) is 11.2. The first-order valence-corrected chi connectivity index (χ1v) is 9.70. The Morgan fingerprint density at radius 3 is 2.14 bits per heavy atom. The van der Waals surface area contributed by atoms with Gasteiger partial charge in [0.2, 0.25) is 0 Å². The molecule has 5 nitrogen and oxygen atoms in total. The molecule has 0 aromatic heterocycles. The smallest absolute Gasteiger partial charge is 0.488 e. The van der Waals surface area contributed by atoms with Crippen molar-refractivity contribution >= 4 is 18.6 Å². The van der Waals surface area contributed by atoms with E-state index in [-0.39, 0.29) is 18.0 Å². The molecule has 1 aliphatic heterocycles. The summed E-state index contributed by atoms with van der Waals surface area (Å²) in [5.74, 6) is -2.24. The highest BCUT2D eigenvalue weighted by Crippen LogP contribution is 2.36. The number of carbonyl (C=O) groups excluding carboxylic acids is 1. The Hall–Kier alpha value is -1.67. The molecule has 0 bridgehead atoms. The summed E-state index contributed by atoms with van der Waals surface area (Å²) in [7, 11) is -0.842. The molecular formula is C20H29BF2O5. The zero-order valence-corrected chi connectivity index (χ0v) is 17.3. The molecule has 1 heterocycles. The number of hydrogen-bond donors (Lipinski definition) is 0. The third kappa shape index (κ3) is 5.44. The van der Waals surface area contributed by atoms with E-state index in [0.717, 1.165) is 0 Å². The fourth-order valence-electron chi connectivity index (χ4n) is 2.79. The van der Waals surface area contributed by atoms with Gasteiger partial charge in [0, 0.05) is 6.42 Å². The van der Waals surface area contributed by atoms with Crippen molar-refractivity contribution in [3.8, 4) is 5.75 Å². The maximum Gasteiger partial charge on any atom is 0.495 e. The van der Waals surface area contributed by atoms with Crippen molar-refractivity contribution in [2.75, 3.05) is 13.2 Å². The second kappa shape index (κ2) is 9.22. The largest absolute Gasteiger partial charge is 0.495 e. The van der Waals surface area contributed by atoms with E-state index in [4.69, 9.17) is 18.8 Å². The van der Waals surface area contributed by atoms with E-state index in [2.05, 4.69) is 0 Å². The molecule has 0 aliphatic carbocycles. The molecule has 0 saturated carbocycles. The van der Waals surface area contributed by atoms with Crippen molar-refractivity contribution in [1.82, 2.24) is 0 Å². The van der Waals surface area contributed by atoms with Crippen molar-refractivity contribution < 1.29 is 32.4 Å². The van der Waals surface area contributed by atoms with Crippen LogP contribution in [0.1, 0.15) is 60.3 Å². The zero-order valence-electron chi connectivity index (χ0n) is 17.3. The number of esters is 1. The van der Waals surface area contributed by atoms with Gasteiger partial charge in [0.25, 0.3) is 0 Å². The third-order valence-corrected chi connectivity index (χ3v) is 5.12. The number of carbonyl (C=O) groups is 1. The molecule has 1 aromatic rings. The molecule has 2 rings (SSSR count). The summed E-state index contributed by atoms with van der Waals surface area (Å²) in [6.45, 7) is 9.78. The van der Waals surface area contributed by atoms with Crippen molar-refractivity contribution in [2.24, 2.45) is 0 Å². The van der Waals surface area contributed by atoms with E-state index < -0.39 is 35.7 Å². The molecule has 1 aromatic carbocycles. The van der Waals surface area contributed by atoms with Gasteiger partial charge in [-0.1, -0.05) is 0 Å². The van der Waals surface area contributed by atoms with Gasteiger partial charge in [-0.25, -0.2) is 8.78 Å². The number of rotatable bonds is 9. The van der Waals surface area contributed by atoms with Gasteiger partial charge < -0.3 is 18.8 Å². The molecule has 0 N–H and O–H groups in total. The first-order chi connectivity index (χ1) is 13.1. The van der Waals surface area contributed by atoms with Crippen molar-refractivity contribution in [3.05, 3.63) is 23.8 Å². The van der Waals surface area contributed by atoms with Gasteiger partial charge in [0.1, 0.15) is 0 Å². The second-order valence-electron chi connectivity index (χ2n) is 7.87. The molecule has 1 aliphatic rings. The van der Waals surface area contributed by atoms with Crippen LogP contribution in [0.2, 0.25) is 0 Å². The monoisotopic (exact) mass is 398 g/mol. The van der Waals surface area contributed by atoms with Crippen LogP contribution < -0.4 is 10.2 Å². The van der Waals surface area contributed by atoms with Crippen LogP contribution in [-0.4, -0.2) is 37.5 Å². The van der Waals surface area contributed by atoms with Crippen LogP contribution in [0.5, 0.6) is 5.75 Å². The van der Waals surface area contributed by atoms with Crippen LogP contribution in [0.15, 0.2) is 12.1 Å². The van der Waals surface area contributed by atoms with Crippen LogP contribution in [0.25, 0.3) is 0 Å². The maximum atomic E-state index is 14.4. The standard InChI is InChI=1S/C20H29BF2O5/c1-6-25-17(24)10-8-7-9-11-26-18-15(22)12-14(13-16(18)23)21-27-19(2,3)20(4,5)28-21/h12-13H,6-11H2,1-5H3. The average molecular weight is 398 g/mol. The van der Waals surface area contributed by atoms with Crippen LogP contribution in [-0.2, 0) is 18.8 Å². The van der Waals surface area contributed by atoms with Crippen LogP contribution in [0, 0.1) is 11.6 Å². The average Bonchev–Trinajstić information content (AvgIpc) is 2.80. The quantitative estimate of drug-likeness (QED) is 0.360. The highest BCUT2D eigenvalue weighted by molar-refractivity contribution is 6.62. The Kier molecular flexibility index (Phi) is 7.45. The van der Waals surface area contributed by atoms with E-state index in [1.807, 2.05) is 27.7 Å². The molecule has 156 valence electrons. The molecule has 1 saturated heterocycles. The van der Waals surface area contributed by atoms with Gasteiger partial charge in [0.15, 0.2) is 17.4 Å². The summed E-state index contributed by atoms with van der Waals surface area (Å²) >= 11 is 0. The minimum absolute atomic E-state index is 0.159. The second-order valence-corrected chi connectivity index (χ2v) is 7.87. The molecule has 1 fully saturated rings. The summed E-state index contributed by atoms with van der Waals surface area (Å²) in [5, 5.41) is 0. The first kappa shape index (κ1) is 22.6. The van der Waals surface area contributed by atoms with Gasteiger partial charge >= 0.3 is 13.1 Å².